The highest BCUT2D eigenvalue weighted by atomic mass is 35.5. The molecule has 2 aromatic carbocycles. The highest BCUT2D eigenvalue weighted by molar-refractivity contribution is 7.16. The lowest BCUT2D eigenvalue weighted by atomic mass is 10.1. The molecule has 0 saturated carbocycles. The molecule has 0 aliphatic carbocycles. The summed E-state index contributed by atoms with van der Waals surface area (Å²) in [4.78, 5) is 21.5. The molecule has 6 nitrogen and oxygen atoms in total. The molecule has 0 spiro atoms. The van der Waals surface area contributed by atoms with Gasteiger partial charge in [-0.2, -0.15) is 0 Å². The van der Waals surface area contributed by atoms with Gasteiger partial charge in [0, 0.05) is 22.5 Å². The Balaban J connectivity index is 1.73. The van der Waals surface area contributed by atoms with Crippen molar-refractivity contribution in [1.82, 2.24) is 14.5 Å². The summed E-state index contributed by atoms with van der Waals surface area (Å²) in [6, 6.07) is 12.9. The zero-order valence-corrected chi connectivity index (χ0v) is 18.2. The fourth-order valence-electron chi connectivity index (χ4n) is 3.03. The summed E-state index contributed by atoms with van der Waals surface area (Å²) in [6.07, 6.45) is 3.47. The van der Waals surface area contributed by atoms with Gasteiger partial charge in [0.25, 0.3) is 5.91 Å². The van der Waals surface area contributed by atoms with Gasteiger partial charge in [0.1, 0.15) is 17.0 Å². The molecule has 2 aromatic heterocycles. The normalized spacial score (nSPS) is 11.1. The smallest absolute Gasteiger partial charge is 0.261 e. The van der Waals surface area contributed by atoms with Crippen LogP contribution in [-0.4, -0.2) is 32.9 Å². The number of rotatable bonds is 8. The number of nitrogens with two attached hydrogens (primary N) is 1. The molecule has 4 rings (SSSR count). The molecule has 2 N–H and O–H groups in total. The maximum absolute atomic E-state index is 12.1. The van der Waals surface area contributed by atoms with Crippen molar-refractivity contribution >= 4 is 51.5 Å². The molecule has 0 aliphatic heterocycles. The highest BCUT2D eigenvalue weighted by Gasteiger charge is 2.20. The number of amides is 1. The SMILES string of the molecule is NC(=O)c1sc(-n2cnc3ccc(OCCCCCl)cc32)nc1-c1cccc(Cl)c1. The Bertz CT molecular complexity index is 1200. The van der Waals surface area contributed by atoms with Gasteiger partial charge in [-0.1, -0.05) is 35.1 Å². The fourth-order valence-corrected chi connectivity index (χ4v) is 4.33. The number of carbonyl (C=O) groups is 1. The minimum Gasteiger partial charge on any atom is -0.494 e. The van der Waals surface area contributed by atoms with Crippen LogP contribution in [0.2, 0.25) is 5.02 Å². The second-order valence-corrected chi connectivity index (χ2v) is 8.35. The number of carbonyl (C=O) groups excluding carboxylic acids is 1. The summed E-state index contributed by atoms with van der Waals surface area (Å²) in [5, 5.41) is 1.14. The molecule has 4 aromatic rings. The van der Waals surface area contributed by atoms with Crippen molar-refractivity contribution in [2.24, 2.45) is 5.73 Å². The second kappa shape index (κ2) is 9.04. The van der Waals surface area contributed by atoms with Crippen LogP contribution in [0.1, 0.15) is 22.5 Å². The summed E-state index contributed by atoms with van der Waals surface area (Å²) in [6.45, 7) is 0.592. The lowest BCUT2D eigenvalue weighted by molar-refractivity contribution is 0.100. The number of ether oxygens (including phenoxy) is 1. The molecule has 2 heterocycles. The summed E-state index contributed by atoms with van der Waals surface area (Å²) >= 11 is 13.0. The lowest BCUT2D eigenvalue weighted by Crippen LogP contribution is -2.10. The van der Waals surface area contributed by atoms with E-state index in [4.69, 9.17) is 33.7 Å². The number of imidazole rings is 1. The quantitative estimate of drug-likeness (QED) is 0.285. The van der Waals surface area contributed by atoms with Crippen LogP contribution >= 0.6 is 34.5 Å². The van der Waals surface area contributed by atoms with E-state index in [-0.39, 0.29) is 0 Å². The summed E-state index contributed by atoms with van der Waals surface area (Å²) in [5.41, 5.74) is 8.47. The first-order valence-electron chi connectivity index (χ1n) is 9.29. The lowest BCUT2D eigenvalue weighted by Gasteiger charge is -2.06. The number of halogens is 2. The number of thiazole rings is 1. The Morgan fingerprint density at radius 2 is 2.07 bits per heavy atom. The third-order valence-electron chi connectivity index (χ3n) is 4.46. The topological polar surface area (TPSA) is 83.0 Å². The van der Waals surface area contributed by atoms with Crippen LogP contribution in [0.25, 0.3) is 27.4 Å². The Kier molecular flexibility index (Phi) is 6.22. The zero-order chi connectivity index (χ0) is 21.1. The Labute approximate surface area is 187 Å². The summed E-state index contributed by atoms with van der Waals surface area (Å²) in [5.74, 6) is 0.818. The van der Waals surface area contributed by atoms with Crippen molar-refractivity contribution in [3.05, 3.63) is 58.7 Å². The van der Waals surface area contributed by atoms with Crippen molar-refractivity contribution in [2.75, 3.05) is 12.5 Å². The molecular weight excluding hydrogens is 443 g/mol. The van der Waals surface area contributed by atoms with E-state index in [1.165, 1.54) is 11.3 Å². The Morgan fingerprint density at radius 3 is 2.83 bits per heavy atom. The molecule has 0 atom stereocenters. The van der Waals surface area contributed by atoms with E-state index in [1.807, 2.05) is 34.9 Å². The highest BCUT2D eigenvalue weighted by Crippen LogP contribution is 2.33. The van der Waals surface area contributed by atoms with Crippen molar-refractivity contribution < 1.29 is 9.53 Å². The van der Waals surface area contributed by atoms with Crippen LogP contribution < -0.4 is 10.5 Å². The molecule has 0 aliphatic rings. The molecular formula is C21H18Cl2N4O2S. The molecule has 30 heavy (non-hydrogen) atoms. The average molecular weight is 461 g/mol. The number of aromatic nitrogens is 3. The monoisotopic (exact) mass is 460 g/mol. The maximum Gasteiger partial charge on any atom is 0.261 e. The number of hydrogen-bond acceptors (Lipinski definition) is 5. The molecule has 1 amide bonds. The van der Waals surface area contributed by atoms with E-state index < -0.39 is 5.91 Å². The second-order valence-electron chi connectivity index (χ2n) is 6.56. The number of fused-ring (bicyclic) bond motifs is 1. The zero-order valence-electron chi connectivity index (χ0n) is 15.8. The molecule has 0 saturated heterocycles. The van der Waals surface area contributed by atoms with Gasteiger partial charge in [-0.3, -0.25) is 9.36 Å². The largest absolute Gasteiger partial charge is 0.494 e. The van der Waals surface area contributed by atoms with Gasteiger partial charge in [-0.25, -0.2) is 9.97 Å². The van der Waals surface area contributed by atoms with E-state index in [9.17, 15) is 4.79 Å². The average Bonchev–Trinajstić information content (AvgIpc) is 3.35. The first kappa shape index (κ1) is 20.7. The molecule has 0 bridgehead atoms. The third kappa shape index (κ3) is 4.28. The van der Waals surface area contributed by atoms with Gasteiger partial charge in [-0.15, -0.1) is 11.6 Å². The van der Waals surface area contributed by atoms with E-state index >= 15 is 0 Å². The minimum atomic E-state index is -0.540. The standard InChI is InChI=1S/C21H18Cl2N4O2S/c22-8-1-2-9-29-15-6-7-16-17(11-15)27(12-25-16)21-26-18(19(30-21)20(24)28)13-4-3-5-14(23)10-13/h3-7,10-12H,1-2,8-9H2,(H2,24,28). The number of hydrogen-bond donors (Lipinski definition) is 1. The number of unbranched alkanes of at least 4 members (excludes halogenated alkanes) is 1. The van der Waals surface area contributed by atoms with E-state index in [0.717, 1.165) is 35.2 Å². The number of benzene rings is 2. The fraction of sp³-hybridized carbons (Fsp3) is 0.190. The van der Waals surface area contributed by atoms with Crippen LogP contribution in [0, 0.1) is 0 Å². The molecule has 0 fully saturated rings. The van der Waals surface area contributed by atoms with Crippen LogP contribution in [0.4, 0.5) is 0 Å². The van der Waals surface area contributed by atoms with E-state index in [1.54, 1.807) is 18.5 Å². The van der Waals surface area contributed by atoms with E-state index in [2.05, 4.69) is 9.97 Å². The van der Waals surface area contributed by atoms with Crippen molar-refractivity contribution in [1.29, 1.82) is 0 Å². The summed E-state index contributed by atoms with van der Waals surface area (Å²) in [7, 11) is 0. The molecule has 0 unspecified atom stereocenters. The molecule has 9 heteroatoms. The molecule has 0 radical (unpaired) electrons. The van der Waals surface area contributed by atoms with Crippen LogP contribution in [0.3, 0.4) is 0 Å². The van der Waals surface area contributed by atoms with Gasteiger partial charge >= 0.3 is 0 Å². The van der Waals surface area contributed by atoms with Gasteiger partial charge in [0.15, 0.2) is 5.13 Å². The number of primary amides is 1. The number of nitrogens with zero attached hydrogens (tertiary/aromatic N) is 3. The maximum atomic E-state index is 12.1. The first-order valence-corrected chi connectivity index (χ1v) is 11.0. The first-order chi connectivity index (χ1) is 14.6. The predicted molar refractivity (Wildman–Crippen MR) is 121 cm³/mol. The van der Waals surface area contributed by atoms with Crippen molar-refractivity contribution in [3.63, 3.8) is 0 Å². The number of alkyl halides is 1. The van der Waals surface area contributed by atoms with E-state index in [0.29, 0.717) is 33.2 Å². The van der Waals surface area contributed by atoms with Crippen molar-refractivity contribution in [3.8, 4) is 22.1 Å². The van der Waals surface area contributed by atoms with Gasteiger partial charge in [-0.05, 0) is 37.1 Å². The third-order valence-corrected chi connectivity index (χ3v) is 6.03. The predicted octanol–water partition coefficient (Wildman–Crippen LogP) is 5.30. The summed E-state index contributed by atoms with van der Waals surface area (Å²) < 4.78 is 7.65. The van der Waals surface area contributed by atoms with Gasteiger partial charge < -0.3 is 10.5 Å². The van der Waals surface area contributed by atoms with Gasteiger partial charge in [0.05, 0.1) is 23.3 Å². The van der Waals surface area contributed by atoms with Crippen LogP contribution in [0.15, 0.2) is 48.8 Å². The van der Waals surface area contributed by atoms with Gasteiger partial charge in [0.2, 0.25) is 0 Å². The minimum absolute atomic E-state index is 0.364. The molecule has 154 valence electrons. The van der Waals surface area contributed by atoms with Crippen LogP contribution in [0.5, 0.6) is 5.75 Å². The Morgan fingerprint density at radius 1 is 1.20 bits per heavy atom. The Hall–Kier alpha value is -2.61. The van der Waals surface area contributed by atoms with Crippen LogP contribution in [-0.2, 0) is 0 Å². The van der Waals surface area contributed by atoms with Crippen molar-refractivity contribution in [2.45, 2.75) is 12.8 Å².